The van der Waals surface area contributed by atoms with Crippen LogP contribution in [-0.4, -0.2) is 37.3 Å². The van der Waals surface area contributed by atoms with Crippen LogP contribution in [0.2, 0.25) is 0 Å². The van der Waals surface area contributed by atoms with Crippen LogP contribution in [0, 0.1) is 0 Å². The maximum atomic E-state index is 12.2. The Hall–Kier alpha value is -3.09. The molecule has 30 heavy (non-hydrogen) atoms. The van der Waals surface area contributed by atoms with Crippen molar-refractivity contribution in [3.05, 3.63) is 48.1 Å². The number of carbonyl (C=O) groups excluding carboxylic acids is 3. The second kappa shape index (κ2) is 13.2. The minimum Gasteiger partial charge on any atom is -0.466 e. The van der Waals surface area contributed by atoms with Crippen LogP contribution in [0.25, 0.3) is 6.08 Å². The van der Waals surface area contributed by atoms with E-state index in [2.05, 4.69) is 23.6 Å². The fraction of sp³-hybridized carbons (Fsp3) is 0.435. The van der Waals surface area contributed by atoms with E-state index in [1.807, 2.05) is 0 Å². The highest BCUT2D eigenvalue weighted by molar-refractivity contribution is 5.99. The molecule has 0 saturated carbocycles. The zero-order valence-electron chi connectivity index (χ0n) is 18.1. The number of ketones is 1. The maximum absolute atomic E-state index is 12.2. The Morgan fingerprint density at radius 2 is 1.83 bits per heavy atom. The first-order chi connectivity index (χ1) is 14.3. The topological polar surface area (TPSA) is 90.9 Å². The summed E-state index contributed by atoms with van der Waals surface area (Å²) < 4.78 is 15.8. The molecule has 1 amide bonds. The Morgan fingerprint density at radius 1 is 1.17 bits per heavy atom. The van der Waals surface area contributed by atoms with Crippen LogP contribution in [0.1, 0.15) is 52.0 Å². The van der Waals surface area contributed by atoms with Crippen LogP contribution in [-0.2, 0) is 19.1 Å². The van der Waals surface area contributed by atoms with Gasteiger partial charge in [-0.2, -0.15) is 0 Å². The molecule has 1 N–H and O–H groups in total. The molecule has 0 aliphatic carbocycles. The van der Waals surface area contributed by atoms with Gasteiger partial charge < -0.3 is 19.5 Å². The molecule has 0 heterocycles. The molecule has 0 bridgehead atoms. The van der Waals surface area contributed by atoms with Crippen molar-refractivity contribution in [3.8, 4) is 5.75 Å². The van der Waals surface area contributed by atoms with Gasteiger partial charge in [-0.25, -0.2) is 9.59 Å². The number of carbonyl (C=O) groups is 3. The summed E-state index contributed by atoms with van der Waals surface area (Å²) in [4.78, 5) is 35.2. The minimum absolute atomic E-state index is 0.258. The molecule has 2 atom stereocenters. The third kappa shape index (κ3) is 9.41. The number of rotatable bonds is 12. The number of hydrogen-bond acceptors (Lipinski definition) is 6. The second-order valence-electron chi connectivity index (χ2n) is 6.88. The minimum atomic E-state index is -0.792. The summed E-state index contributed by atoms with van der Waals surface area (Å²) in [5.41, 5.74) is 1.15. The average molecular weight is 418 g/mol. The Bertz CT molecular complexity index is 753. The zero-order valence-corrected chi connectivity index (χ0v) is 18.1. The Labute approximate surface area is 178 Å². The largest absolute Gasteiger partial charge is 0.466 e. The number of alkyl carbamates (subject to hydrolysis) is 1. The smallest absolute Gasteiger partial charge is 0.410 e. The van der Waals surface area contributed by atoms with E-state index in [0.717, 1.165) is 24.8 Å². The number of benzene rings is 1. The molecule has 0 aliphatic rings. The number of unbranched alkanes of at least 4 members (excludes halogenated alkanes) is 2. The van der Waals surface area contributed by atoms with Crippen LogP contribution >= 0.6 is 0 Å². The molecule has 1 rings (SSSR count). The third-order valence-electron chi connectivity index (χ3n) is 4.19. The van der Waals surface area contributed by atoms with Crippen molar-refractivity contribution in [2.75, 3.05) is 7.11 Å². The molecule has 0 spiro atoms. The highest BCUT2D eigenvalue weighted by Gasteiger charge is 2.21. The van der Waals surface area contributed by atoms with Crippen LogP contribution in [0.4, 0.5) is 4.79 Å². The van der Waals surface area contributed by atoms with Gasteiger partial charge in [0, 0.05) is 12.5 Å². The molecule has 0 fully saturated rings. The van der Waals surface area contributed by atoms with Gasteiger partial charge in [-0.1, -0.05) is 38.5 Å². The standard InChI is InChI=1S/C23H31NO6/c1-6-7-8-9-21(30-23(27)24-17(4)22(26)16(2)3)29-19-13-10-18(11-14-19)12-15-20(25)28-5/h10-15,17,21H,2,6-9H2,1,3-5H3,(H,24,27). The van der Waals surface area contributed by atoms with Crippen molar-refractivity contribution in [2.24, 2.45) is 0 Å². The third-order valence-corrected chi connectivity index (χ3v) is 4.19. The highest BCUT2D eigenvalue weighted by Crippen LogP contribution is 2.18. The number of nitrogens with one attached hydrogen (secondary N) is 1. The molecule has 2 unspecified atom stereocenters. The van der Waals surface area contributed by atoms with Crippen molar-refractivity contribution in [2.45, 2.75) is 58.8 Å². The number of methoxy groups -OCH3 is 1. The number of esters is 1. The zero-order chi connectivity index (χ0) is 22.5. The lowest BCUT2D eigenvalue weighted by atomic mass is 10.1. The lowest BCUT2D eigenvalue weighted by Crippen LogP contribution is -2.41. The molecule has 7 heteroatoms. The van der Waals surface area contributed by atoms with Crippen molar-refractivity contribution in [1.82, 2.24) is 5.32 Å². The first-order valence-electron chi connectivity index (χ1n) is 9.96. The SMILES string of the molecule is C=C(C)C(=O)C(C)NC(=O)OC(CCCCC)Oc1ccc(C=CC(=O)OC)cc1. The first-order valence-corrected chi connectivity index (χ1v) is 9.96. The van der Waals surface area contributed by atoms with E-state index in [-0.39, 0.29) is 5.78 Å². The van der Waals surface area contributed by atoms with E-state index in [1.165, 1.54) is 13.2 Å². The Morgan fingerprint density at radius 3 is 2.40 bits per heavy atom. The van der Waals surface area contributed by atoms with Gasteiger partial charge in [0.25, 0.3) is 0 Å². The van der Waals surface area contributed by atoms with Gasteiger partial charge in [0.15, 0.2) is 5.78 Å². The van der Waals surface area contributed by atoms with Gasteiger partial charge in [-0.15, -0.1) is 0 Å². The lowest BCUT2D eigenvalue weighted by Gasteiger charge is -2.21. The molecule has 7 nitrogen and oxygen atoms in total. The average Bonchev–Trinajstić information content (AvgIpc) is 2.72. The molecular formula is C23H31NO6. The van der Waals surface area contributed by atoms with Crippen molar-refractivity contribution in [1.29, 1.82) is 0 Å². The van der Waals surface area contributed by atoms with Crippen molar-refractivity contribution >= 4 is 23.9 Å². The molecule has 0 aliphatic heterocycles. The number of amides is 1. The summed E-state index contributed by atoms with van der Waals surface area (Å²) in [5, 5.41) is 2.51. The Balaban J connectivity index is 2.74. The van der Waals surface area contributed by atoms with Crippen LogP contribution in [0.5, 0.6) is 5.75 Å². The van der Waals surface area contributed by atoms with Crippen molar-refractivity contribution < 1.29 is 28.6 Å². The van der Waals surface area contributed by atoms with Gasteiger partial charge in [0.1, 0.15) is 5.75 Å². The predicted octanol–water partition coefficient (Wildman–Crippen LogP) is 4.42. The molecule has 1 aromatic rings. The van der Waals surface area contributed by atoms with E-state index in [0.29, 0.717) is 17.7 Å². The van der Waals surface area contributed by atoms with E-state index in [1.54, 1.807) is 44.2 Å². The van der Waals surface area contributed by atoms with Gasteiger partial charge in [-0.3, -0.25) is 4.79 Å². The normalized spacial score (nSPS) is 12.7. The summed E-state index contributed by atoms with van der Waals surface area (Å²) in [5.74, 6) is -0.179. The maximum Gasteiger partial charge on any atom is 0.410 e. The molecular weight excluding hydrogens is 386 g/mol. The van der Waals surface area contributed by atoms with Crippen LogP contribution in [0.15, 0.2) is 42.5 Å². The van der Waals surface area contributed by atoms with Gasteiger partial charge >= 0.3 is 12.1 Å². The number of Topliss-reactive ketones (excluding diaryl/α,β-unsaturated/α-hetero) is 1. The summed E-state index contributed by atoms with van der Waals surface area (Å²) in [6.45, 7) is 8.83. The monoisotopic (exact) mass is 417 g/mol. The molecule has 164 valence electrons. The Kier molecular flexibility index (Phi) is 11.0. The number of ether oxygens (including phenoxy) is 3. The van der Waals surface area contributed by atoms with Crippen molar-refractivity contribution in [3.63, 3.8) is 0 Å². The van der Waals surface area contributed by atoms with E-state index >= 15 is 0 Å². The number of hydrogen-bond donors (Lipinski definition) is 1. The fourth-order valence-corrected chi connectivity index (χ4v) is 2.51. The molecule has 1 aromatic carbocycles. The summed E-state index contributed by atoms with van der Waals surface area (Å²) >= 11 is 0. The quantitative estimate of drug-likeness (QED) is 0.234. The summed E-state index contributed by atoms with van der Waals surface area (Å²) in [6, 6.07) is 6.25. The predicted molar refractivity (Wildman–Crippen MR) is 115 cm³/mol. The van der Waals surface area contributed by atoms with E-state index < -0.39 is 24.4 Å². The molecule has 0 saturated heterocycles. The van der Waals surface area contributed by atoms with Crippen LogP contribution < -0.4 is 10.1 Å². The lowest BCUT2D eigenvalue weighted by molar-refractivity contribution is -0.134. The summed E-state index contributed by atoms with van der Waals surface area (Å²) in [6.07, 6.45) is 4.78. The first kappa shape index (κ1) is 24.9. The van der Waals surface area contributed by atoms with Gasteiger partial charge in [0.05, 0.1) is 13.2 Å². The van der Waals surface area contributed by atoms with Gasteiger partial charge in [-0.05, 0) is 49.6 Å². The van der Waals surface area contributed by atoms with Gasteiger partial charge in [0.2, 0.25) is 6.29 Å². The molecule has 0 aromatic heterocycles. The highest BCUT2D eigenvalue weighted by atomic mass is 16.7. The second-order valence-corrected chi connectivity index (χ2v) is 6.88. The molecule has 0 radical (unpaired) electrons. The van der Waals surface area contributed by atoms with Crippen LogP contribution in [0.3, 0.4) is 0 Å². The summed E-state index contributed by atoms with van der Waals surface area (Å²) in [7, 11) is 1.31. The van der Waals surface area contributed by atoms with E-state index in [9.17, 15) is 14.4 Å². The van der Waals surface area contributed by atoms with E-state index in [4.69, 9.17) is 9.47 Å². The fourth-order valence-electron chi connectivity index (χ4n) is 2.51.